The Kier molecular flexibility index (Phi) is 6.82. The molecule has 1 aromatic carbocycles. The van der Waals surface area contributed by atoms with E-state index in [1.165, 1.54) is 0 Å². The molecule has 0 unspecified atom stereocenters. The molecule has 0 N–H and O–H groups in total. The van der Waals surface area contributed by atoms with Gasteiger partial charge in [-0.25, -0.2) is 14.6 Å². The number of nitriles is 1. The topological polar surface area (TPSA) is 124 Å². The molecule has 0 fully saturated rings. The van der Waals surface area contributed by atoms with Crippen molar-refractivity contribution in [3.63, 3.8) is 0 Å². The molecule has 4 heterocycles. The van der Waals surface area contributed by atoms with Crippen molar-refractivity contribution in [2.24, 2.45) is 12.5 Å². The van der Waals surface area contributed by atoms with Crippen LogP contribution in [0.1, 0.15) is 55.3 Å². The second-order valence-electron chi connectivity index (χ2n) is 11.0. The molecule has 0 spiro atoms. The monoisotopic (exact) mass is 528 g/mol. The van der Waals surface area contributed by atoms with Gasteiger partial charge in [0.15, 0.2) is 5.65 Å². The summed E-state index contributed by atoms with van der Waals surface area (Å²) in [5.41, 5.74) is 4.08. The summed E-state index contributed by atoms with van der Waals surface area (Å²) in [7, 11) is 1.73. The van der Waals surface area contributed by atoms with Crippen molar-refractivity contribution in [2.45, 2.75) is 53.9 Å². The number of hydrogen-bond donors (Lipinski definition) is 0. The van der Waals surface area contributed by atoms with Crippen LogP contribution in [-0.4, -0.2) is 52.9 Å². The van der Waals surface area contributed by atoms with E-state index in [0.29, 0.717) is 55.5 Å². The molecular weight excluding hydrogens is 496 g/mol. The van der Waals surface area contributed by atoms with Crippen LogP contribution in [0.2, 0.25) is 0 Å². The maximum Gasteiger partial charge on any atom is 0.376 e. The van der Waals surface area contributed by atoms with Gasteiger partial charge in [0, 0.05) is 38.8 Å². The molecule has 0 aliphatic carbocycles. The van der Waals surface area contributed by atoms with Gasteiger partial charge in [0.1, 0.15) is 5.82 Å². The number of aromatic nitrogens is 6. The van der Waals surface area contributed by atoms with Gasteiger partial charge >= 0.3 is 11.7 Å². The van der Waals surface area contributed by atoms with Crippen LogP contribution in [0.25, 0.3) is 22.4 Å². The largest absolute Gasteiger partial charge is 0.460 e. The van der Waals surface area contributed by atoms with Crippen LogP contribution >= 0.6 is 0 Å². The molecule has 1 aliphatic heterocycles. The summed E-state index contributed by atoms with van der Waals surface area (Å²) in [4.78, 5) is 32.2. The number of nitrogens with zero attached hydrogens (tertiary/aromatic N) is 8. The lowest BCUT2D eigenvalue weighted by Gasteiger charge is -2.27. The van der Waals surface area contributed by atoms with Crippen molar-refractivity contribution in [1.29, 1.82) is 5.26 Å². The van der Waals surface area contributed by atoms with E-state index >= 15 is 0 Å². The summed E-state index contributed by atoms with van der Waals surface area (Å²) in [6, 6.07) is 11.8. The van der Waals surface area contributed by atoms with E-state index in [9.17, 15) is 14.9 Å². The highest BCUT2D eigenvalue weighted by molar-refractivity contribution is 5.85. The van der Waals surface area contributed by atoms with Crippen molar-refractivity contribution in [2.75, 3.05) is 13.2 Å². The molecule has 5 rings (SSSR count). The molecule has 1 aliphatic rings. The maximum atomic E-state index is 13.0. The Morgan fingerprint density at radius 2 is 1.95 bits per heavy atom. The Morgan fingerprint density at radius 1 is 1.15 bits per heavy atom. The van der Waals surface area contributed by atoms with Crippen molar-refractivity contribution < 1.29 is 9.53 Å². The first-order valence-electron chi connectivity index (χ1n) is 13.0. The number of carbonyl (C=O) groups is 1. The SMILES string of the molecule is CCOC(=O)c1nnc2n1CCN(Cc1ccc(C#N)c(-c3ccc4c(n3)n(C)c(=O)n4CC(C)(C)C)c1)C2. The van der Waals surface area contributed by atoms with Gasteiger partial charge in [-0.15, -0.1) is 10.2 Å². The highest BCUT2D eigenvalue weighted by atomic mass is 16.5. The summed E-state index contributed by atoms with van der Waals surface area (Å²) in [5.74, 6) is 0.488. The van der Waals surface area contributed by atoms with Gasteiger partial charge in [0.25, 0.3) is 0 Å². The van der Waals surface area contributed by atoms with E-state index < -0.39 is 5.97 Å². The number of carbonyl (C=O) groups excluding carboxylic acids is 1. The van der Waals surface area contributed by atoms with Crippen molar-refractivity contribution in [3.05, 3.63) is 63.6 Å². The zero-order valence-electron chi connectivity index (χ0n) is 22.9. The normalized spacial score (nSPS) is 13.8. The third kappa shape index (κ3) is 5.07. The quantitative estimate of drug-likeness (QED) is 0.350. The van der Waals surface area contributed by atoms with Gasteiger partial charge in [-0.2, -0.15) is 5.26 Å². The van der Waals surface area contributed by atoms with Crippen LogP contribution in [0.5, 0.6) is 0 Å². The van der Waals surface area contributed by atoms with Gasteiger partial charge < -0.3 is 9.30 Å². The van der Waals surface area contributed by atoms with E-state index in [1.807, 2.05) is 34.9 Å². The first kappa shape index (κ1) is 26.3. The third-order valence-corrected chi connectivity index (χ3v) is 6.79. The minimum absolute atomic E-state index is 0.0683. The van der Waals surface area contributed by atoms with Crippen LogP contribution in [-0.2, 0) is 38.0 Å². The highest BCUT2D eigenvalue weighted by Crippen LogP contribution is 2.27. The first-order valence-corrected chi connectivity index (χ1v) is 13.0. The molecule has 0 amide bonds. The highest BCUT2D eigenvalue weighted by Gasteiger charge is 2.26. The summed E-state index contributed by atoms with van der Waals surface area (Å²) in [6.45, 7) is 11.4. The predicted molar refractivity (Wildman–Crippen MR) is 145 cm³/mol. The minimum atomic E-state index is -0.461. The zero-order valence-corrected chi connectivity index (χ0v) is 22.9. The molecular formula is C28H32N8O3. The maximum absolute atomic E-state index is 13.0. The van der Waals surface area contributed by atoms with Crippen molar-refractivity contribution >= 4 is 17.1 Å². The van der Waals surface area contributed by atoms with Crippen LogP contribution < -0.4 is 5.69 Å². The lowest BCUT2D eigenvalue weighted by Crippen LogP contribution is -2.34. The zero-order chi connectivity index (χ0) is 27.9. The Bertz CT molecular complexity index is 1660. The fourth-order valence-corrected chi connectivity index (χ4v) is 5.00. The van der Waals surface area contributed by atoms with Crippen molar-refractivity contribution in [3.8, 4) is 17.3 Å². The van der Waals surface area contributed by atoms with E-state index in [-0.39, 0.29) is 23.5 Å². The fraction of sp³-hybridized carbons (Fsp3) is 0.429. The third-order valence-electron chi connectivity index (χ3n) is 6.79. The lowest BCUT2D eigenvalue weighted by molar-refractivity contribution is 0.0502. The molecule has 0 radical (unpaired) electrons. The molecule has 0 atom stereocenters. The molecule has 39 heavy (non-hydrogen) atoms. The molecule has 202 valence electrons. The minimum Gasteiger partial charge on any atom is -0.460 e. The summed E-state index contributed by atoms with van der Waals surface area (Å²) < 4.78 is 10.2. The Balaban J connectivity index is 1.43. The fourth-order valence-electron chi connectivity index (χ4n) is 5.00. The first-order chi connectivity index (χ1) is 18.6. The molecule has 0 bridgehead atoms. The van der Waals surface area contributed by atoms with E-state index in [4.69, 9.17) is 9.72 Å². The van der Waals surface area contributed by atoms with Crippen LogP contribution in [0.4, 0.5) is 0 Å². The van der Waals surface area contributed by atoms with E-state index in [1.54, 1.807) is 23.1 Å². The second-order valence-corrected chi connectivity index (χ2v) is 11.0. The van der Waals surface area contributed by atoms with Gasteiger partial charge in [-0.05, 0) is 42.2 Å². The summed E-state index contributed by atoms with van der Waals surface area (Å²) in [6.07, 6.45) is 0. The standard InChI is InChI=1S/C28H32N8O3/c1-6-39-26(37)25-32-31-23-16-34(11-12-35(23)25)15-18-7-8-19(14-29)20(13-18)21-9-10-22-24(30-21)33(5)27(38)36(22)17-28(2,3)4/h7-10,13H,6,11-12,15-17H2,1-5H3. The predicted octanol–water partition coefficient (Wildman–Crippen LogP) is 3.10. The number of rotatable bonds is 6. The Morgan fingerprint density at radius 3 is 2.67 bits per heavy atom. The van der Waals surface area contributed by atoms with Crippen LogP contribution in [0, 0.1) is 16.7 Å². The Labute approximate surface area is 226 Å². The average molecular weight is 529 g/mol. The van der Waals surface area contributed by atoms with Crippen LogP contribution in [0.15, 0.2) is 35.1 Å². The van der Waals surface area contributed by atoms with Gasteiger partial charge in [0.2, 0.25) is 5.82 Å². The number of ether oxygens (including phenoxy) is 1. The molecule has 11 heteroatoms. The number of benzene rings is 1. The van der Waals surface area contributed by atoms with Gasteiger partial charge in [0.05, 0.1) is 36.0 Å². The lowest BCUT2D eigenvalue weighted by atomic mass is 9.97. The number of hydrogen-bond acceptors (Lipinski definition) is 8. The Hall–Kier alpha value is -4.30. The van der Waals surface area contributed by atoms with E-state index in [2.05, 4.69) is 41.9 Å². The molecule has 11 nitrogen and oxygen atoms in total. The molecule has 4 aromatic rings. The van der Waals surface area contributed by atoms with Gasteiger partial charge in [-0.3, -0.25) is 14.0 Å². The smallest absolute Gasteiger partial charge is 0.376 e. The number of imidazole rings is 1. The van der Waals surface area contributed by atoms with Crippen molar-refractivity contribution in [1.82, 2.24) is 33.8 Å². The van der Waals surface area contributed by atoms with Gasteiger partial charge in [-0.1, -0.05) is 26.8 Å². The number of pyridine rings is 1. The number of esters is 1. The second kappa shape index (κ2) is 10.1. The number of aryl methyl sites for hydroxylation is 1. The van der Waals surface area contributed by atoms with E-state index in [0.717, 1.165) is 16.6 Å². The molecule has 0 saturated heterocycles. The van der Waals surface area contributed by atoms with Crippen LogP contribution in [0.3, 0.4) is 0 Å². The molecule has 3 aromatic heterocycles. The number of fused-ring (bicyclic) bond motifs is 2. The molecule has 0 saturated carbocycles. The average Bonchev–Trinajstić information content (AvgIpc) is 3.42. The summed E-state index contributed by atoms with van der Waals surface area (Å²) >= 11 is 0. The summed E-state index contributed by atoms with van der Waals surface area (Å²) in [5, 5.41) is 18.1.